The molecule has 2 rings (SSSR count). The molecule has 0 spiro atoms. The third kappa shape index (κ3) is 4.22. The molecule has 9 heteroatoms. The number of aromatic nitrogens is 1. The SMILES string of the molecule is Cc1ccc(NC(=O)Nc2cc([C@@H](C)N)on2)cc1C(F)(F)F. The Balaban J connectivity index is 2.08. The van der Waals surface area contributed by atoms with E-state index in [4.69, 9.17) is 10.3 Å². The number of amides is 2. The highest BCUT2D eigenvalue weighted by molar-refractivity contribution is 5.99. The predicted molar refractivity (Wildman–Crippen MR) is 77.9 cm³/mol. The van der Waals surface area contributed by atoms with Crippen molar-refractivity contribution in [1.29, 1.82) is 0 Å². The summed E-state index contributed by atoms with van der Waals surface area (Å²) in [5.41, 5.74) is 4.86. The van der Waals surface area contributed by atoms with E-state index < -0.39 is 23.8 Å². The number of aryl methyl sites for hydroxylation is 1. The van der Waals surface area contributed by atoms with Crippen LogP contribution in [0.1, 0.15) is 29.9 Å². The molecule has 124 valence electrons. The van der Waals surface area contributed by atoms with E-state index in [9.17, 15) is 18.0 Å². The van der Waals surface area contributed by atoms with Crippen LogP contribution in [0.15, 0.2) is 28.8 Å². The van der Waals surface area contributed by atoms with Gasteiger partial charge < -0.3 is 15.6 Å². The van der Waals surface area contributed by atoms with Crippen molar-refractivity contribution in [2.45, 2.75) is 26.1 Å². The van der Waals surface area contributed by atoms with Gasteiger partial charge in [-0.2, -0.15) is 13.2 Å². The zero-order valence-corrected chi connectivity index (χ0v) is 12.4. The molecule has 1 atom stereocenters. The first-order valence-corrected chi connectivity index (χ1v) is 6.65. The van der Waals surface area contributed by atoms with Gasteiger partial charge in [0.2, 0.25) is 0 Å². The van der Waals surface area contributed by atoms with Crippen LogP contribution in [0.3, 0.4) is 0 Å². The average molecular weight is 328 g/mol. The predicted octanol–water partition coefficient (Wildman–Crippen LogP) is 3.67. The van der Waals surface area contributed by atoms with E-state index in [1.165, 1.54) is 25.1 Å². The Labute approximate surface area is 129 Å². The number of anilines is 2. The second kappa shape index (κ2) is 6.29. The van der Waals surface area contributed by atoms with Crippen molar-refractivity contribution in [3.63, 3.8) is 0 Å². The molecule has 2 aromatic rings. The van der Waals surface area contributed by atoms with Crippen molar-refractivity contribution in [3.8, 4) is 0 Å². The molecule has 0 fully saturated rings. The number of carbonyl (C=O) groups is 1. The van der Waals surface area contributed by atoms with Gasteiger partial charge in [0.05, 0.1) is 11.6 Å². The highest BCUT2D eigenvalue weighted by Crippen LogP contribution is 2.33. The van der Waals surface area contributed by atoms with Gasteiger partial charge in [-0.15, -0.1) is 0 Å². The zero-order chi connectivity index (χ0) is 17.2. The number of halogens is 3. The van der Waals surface area contributed by atoms with E-state index in [1.54, 1.807) is 6.92 Å². The third-order valence-electron chi connectivity index (χ3n) is 3.02. The van der Waals surface area contributed by atoms with Gasteiger partial charge in [-0.05, 0) is 31.5 Å². The first-order chi connectivity index (χ1) is 10.7. The minimum absolute atomic E-state index is 0.0105. The number of hydrogen-bond acceptors (Lipinski definition) is 4. The van der Waals surface area contributed by atoms with E-state index >= 15 is 0 Å². The number of nitrogens with two attached hydrogens (primary N) is 1. The van der Waals surface area contributed by atoms with Crippen molar-refractivity contribution in [2.24, 2.45) is 5.73 Å². The van der Waals surface area contributed by atoms with Crippen LogP contribution in [0.2, 0.25) is 0 Å². The van der Waals surface area contributed by atoms with E-state index in [-0.39, 0.29) is 17.1 Å². The van der Waals surface area contributed by atoms with Crippen molar-refractivity contribution in [2.75, 3.05) is 10.6 Å². The maximum atomic E-state index is 12.8. The molecule has 0 aliphatic carbocycles. The van der Waals surface area contributed by atoms with Gasteiger partial charge in [0.1, 0.15) is 0 Å². The van der Waals surface area contributed by atoms with Gasteiger partial charge in [-0.25, -0.2) is 4.79 Å². The molecule has 0 aliphatic rings. The van der Waals surface area contributed by atoms with Crippen LogP contribution in [0.4, 0.5) is 29.5 Å². The fourth-order valence-electron chi connectivity index (χ4n) is 1.85. The summed E-state index contributed by atoms with van der Waals surface area (Å²) < 4.78 is 43.4. The van der Waals surface area contributed by atoms with Crippen LogP contribution in [-0.2, 0) is 6.18 Å². The van der Waals surface area contributed by atoms with Gasteiger partial charge in [-0.1, -0.05) is 11.2 Å². The highest BCUT2D eigenvalue weighted by Gasteiger charge is 2.32. The fraction of sp³-hybridized carbons (Fsp3) is 0.286. The lowest BCUT2D eigenvalue weighted by Gasteiger charge is -2.12. The quantitative estimate of drug-likeness (QED) is 0.801. The van der Waals surface area contributed by atoms with Crippen LogP contribution in [-0.4, -0.2) is 11.2 Å². The maximum absolute atomic E-state index is 12.8. The fourth-order valence-corrected chi connectivity index (χ4v) is 1.85. The lowest BCUT2D eigenvalue weighted by Crippen LogP contribution is -2.20. The minimum Gasteiger partial charge on any atom is -0.358 e. The van der Waals surface area contributed by atoms with Gasteiger partial charge in [0.25, 0.3) is 0 Å². The summed E-state index contributed by atoms with van der Waals surface area (Å²) in [5.74, 6) is 0.480. The molecule has 0 aliphatic heterocycles. The number of rotatable bonds is 3. The normalized spacial score (nSPS) is 12.8. The maximum Gasteiger partial charge on any atom is 0.416 e. The Bertz CT molecular complexity index is 710. The summed E-state index contributed by atoms with van der Waals surface area (Å²) in [4.78, 5) is 11.8. The van der Waals surface area contributed by atoms with Gasteiger partial charge in [0, 0.05) is 11.8 Å². The molecule has 6 nitrogen and oxygen atoms in total. The molecular weight excluding hydrogens is 313 g/mol. The average Bonchev–Trinajstić information content (AvgIpc) is 2.88. The standard InChI is InChI=1S/C14H15F3N4O2/c1-7-3-4-9(5-10(7)14(15,16)17)19-13(22)20-12-6-11(8(2)18)23-21-12/h3-6,8H,18H2,1-2H3,(H2,19,20,21,22)/t8-/m1/s1. The second-order valence-corrected chi connectivity index (χ2v) is 5.01. The number of urea groups is 1. The smallest absolute Gasteiger partial charge is 0.358 e. The molecule has 23 heavy (non-hydrogen) atoms. The van der Waals surface area contributed by atoms with E-state index in [1.807, 2.05) is 0 Å². The number of benzene rings is 1. The Morgan fingerprint density at radius 3 is 2.57 bits per heavy atom. The Morgan fingerprint density at radius 2 is 2.00 bits per heavy atom. The van der Waals surface area contributed by atoms with Crippen LogP contribution in [0.25, 0.3) is 0 Å². The number of alkyl halides is 3. The van der Waals surface area contributed by atoms with Crippen molar-refractivity contribution in [3.05, 3.63) is 41.2 Å². The van der Waals surface area contributed by atoms with Crippen molar-refractivity contribution in [1.82, 2.24) is 5.16 Å². The molecule has 0 radical (unpaired) electrons. The van der Waals surface area contributed by atoms with E-state index in [2.05, 4.69) is 15.8 Å². The van der Waals surface area contributed by atoms with Crippen LogP contribution < -0.4 is 16.4 Å². The molecule has 0 saturated carbocycles. The van der Waals surface area contributed by atoms with Gasteiger partial charge in [-0.3, -0.25) is 5.32 Å². The monoisotopic (exact) mass is 328 g/mol. The Hall–Kier alpha value is -2.55. The largest absolute Gasteiger partial charge is 0.416 e. The Kier molecular flexibility index (Phi) is 4.60. The molecule has 1 aromatic carbocycles. The van der Waals surface area contributed by atoms with E-state index in [0.29, 0.717) is 5.76 Å². The summed E-state index contributed by atoms with van der Waals surface area (Å²) in [6, 6.07) is 3.81. The highest BCUT2D eigenvalue weighted by atomic mass is 19.4. The first kappa shape index (κ1) is 16.8. The van der Waals surface area contributed by atoms with Gasteiger partial charge >= 0.3 is 12.2 Å². The number of nitrogens with zero attached hydrogens (tertiary/aromatic N) is 1. The summed E-state index contributed by atoms with van der Waals surface area (Å²) in [5, 5.41) is 8.24. The molecule has 4 N–H and O–H groups in total. The second-order valence-electron chi connectivity index (χ2n) is 5.01. The van der Waals surface area contributed by atoms with Crippen molar-refractivity contribution < 1.29 is 22.5 Å². The minimum atomic E-state index is -4.49. The lowest BCUT2D eigenvalue weighted by atomic mass is 10.1. The molecule has 0 saturated heterocycles. The molecule has 1 aromatic heterocycles. The third-order valence-corrected chi connectivity index (χ3v) is 3.02. The molecule has 2 amide bonds. The number of carbonyl (C=O) groups excluding carboxylic acids is 1. The summed E-state index contributed by atoms with van der Waals surface area (Å²) in [6.07, 6.45) is -4.49. The molecule has 0 unspecified atom stereocenters. The lowest BCUT2D eigenvalue weighted by molar-refractivity contribution is -0.138. The Morgan fingerprint density at radius 1 is 1.30 bits per heavy atom. The number of nitrogens with one attached hydrogen (secondary N) is 2. The molecule has 0 bridgehead atoms. The van der Waals surface area contributed by atoms with Crippen LogP contribution in [0.5, 0.6) is 0 Å². The molecular formula is C14H15F3N4O2. The van der Waals surface area contributed by atoms with Crippen LogP contribution >= 0.6 is 0 Å². The van der Waals surface area contributed by atoms with Crippen LogP contribution in [0, 0.1) is 6.92 Å². The first-order valence-electron chi connectivity index (χ1n) is 6.65. The van der Waals surface area contributed by atoms with E-state index in [0.717, 1.165) is 6.07 Å². The zero-order valence-electron chi connectivity index (χ0n) is 12.4. The van der Waals surface area contributed by atoms with Crippen molar-refractivity contribution >= 4 is 17.5 Å². The topological polar surface area (TPSA) is 93.2 Å². The number of hydrogen-bond donors (Lipinski definition) is 3. The summed E-state index contributed by atoms with van der Waals surface area (Å²) in [6.45, 7) is 3.02. The molecule has 1 heterocycles. The summed E-state index contributed by atoms with van der Waals surface area (Å²) >= 11 is 0. The van der Waals surface area contributed by atoms with Gasteiger partial charge in [0.15, 0.2) is 11.6 Å². The summed E-state index contributed by atoms with van der Waals surface area (Å²) in [7, 11) is 0.